The number of rotatable bonds is 9. The van der Waals surface area contributed by atoms with E-state index in [2.05, 4.69) is 150 Å². The van der Waals surface area contributed by atoms with Crippen molar-refractivity contribution in [1.29, 1.82) is 10.5 Å². The van der Waals surface area contributed by atoms with Gasteiger partial charge in [-0.15, -0.1) is 0 Å². The van der Waals surface area contributed by atoms with Crippen molar-refractivity contribution in [3.63, 3.8) is 0 Å². The number of nitrogens with zero attached hydrogens (tertiary/aromatic N) is 4. The summed E-state index contributed by atoms with van der Waals surface area (Å²) in [6.45, 7) is 2.17. The highest BCUT2D eigenvalue weighted by atomic mass is 16.3. The SMILES string of the molecule is CC1=C(N(c2cc(C#N)cc(-c3ccccc3)c2)c2ccc3ccc4c(N(c5cc(C#N)cc(-c6ccccc6)c5)c5cccc6c5oc5ccccc56)ccc5ccc2c3c54)C=CCC1c1ccccc1O. The minimum atomic E-state index is -0.0806. The first kappa shape index (κ1) is 43.2. The largest absolute Gasteiger partial charge is 0.508 e. The van der Waals surface area contributed by atoms with Gasteiger partial charge >= 0.3 is 0 Å². The molecule has 1 aliphatic carbocycles. The summed E-state index contributed by atoms with van der Waals surface area (Å²) in [5, 5.41) is 40.9. The molecule has 1 unspecified atom stereocenters. The number of benzene rings is 11. The first-order valence-electron chi connectivity index (χ1n) is 24.5. The van der Waals surface area contributed by atoms with Gasteiger partial charge in [0.2, 0.25) is 0 Å². The number of phenolic OH excluding ortho intramolecular Hbond substituents is 1. The molecule has 0 spiro atoms. The van der Waals surface area contributed by atoms with Crippen LogP contribution in [0.5, 0.6) is 5.75 Å². The van der Waals surface area contributed by atoms with Crippen LogP contribution in [0.1, 0.15) is 36.0 Å². The summed E-state index contributed by atoms with van der Waals surface area (Å²) in [7, 11) is 0. The molecule has 73 heavy (non-hydrogen) atoms. The van der Waals surface area contributed by atoms with Crippen LogP contribution in [0.2, 0.25) is 0 Å². The molecule has 1 aromatic heterocycles. The molecule has 12 aromatic rings. The lowest BCUT2D eigenvalue weighted by atomic mass is 9.83. The maximum absolute atomic E-state index is 11.2. The monoisotopic (exact) mass is 936 g/mol. The van der Waals surface area contributed by atoms with Gasteiger partial charge in [0.15, 0.2) is 5.58 Å². The Hall–Kier alpha value is -9.88. The normalized spacial score (nSPS) is 13.5. The van der Waals surface area contributed by atoms with E-state index in [9.17, 15) is 15.6 Å². The molecule has 0 aliphatic heterocycles. The summed E-state index contributed by atoms with van der Waals surface area (Å²) in [5.74, 6) is 0.189. The average Bonchev–Trinajstić information content (AvgIpc) is 3.83. The number of para-hydroxylation sites is 3. The summed E-state index contributed by atoms with van der Waals surface area (Å²) >= 11 is 0. The molecule has 6 nitrogen and oxygen atoms in total. The van der Waals surface area contributed by atoms with Crippen molar-refractivity contribution in [2.45, 2.75) is 19.3 Å². The summed E-state index contributed by atoms with van der Waals surface area (Å²) in [4.78, 5) is 4.57. The van der Waals surface area contributed by atoms with E-state index in [1.54, 1.807) is 6.07 Å². The zero-order valence-corrected chi connectivity index (χ0v) is 39.8. The maximum atomic E-state index is 11.2. The fourth-order valence-corrected chi connectivity index (χ4v) is 11.3. The average molecular weight is 937 g/mol. The number of fused-ring (bicyclic) bond motifs is 3. The maximum Gasteiger partial charge on any atom is 0.159 e. The van der Waals surface area contributed by atoms with Gasteiger partial charge in [-0.05, 0) is 136 Å². The Kier molecular flexibility index (Phi) is 10.4. The van der Waals surface area contributed by atoms with Crippen molar-refractivity contribution >= 4 is 82.7 Å². The van der Waals surface area contributed by atoms with Crippen molar-refractivity contribution in [3.05, 3.63) is 252 Å². The number of hydrogen-bond acceptors (Lipinski definition) is 6. The Morgan fingerprint density at radius 1 is 0.493 bits per heavy atom. The number of phenols is 1. The van der Waals surface area contributed by atoms with Crippen LogP contribution in [0.25, 0.3) is 76.5 Å². The van der Waals surface area contributed by atoms with Crippen LogP contribution in [-0.2, 0) is 0 Å². The van der Waals surface area contributed by atoms with Crippen molar-refractivity contribution in [3.8, 4) is 40.1 Å². The zero-order valence-electron chi connectivity index (χ0n) is 39.8. The van der Waals surface area contributed by atoms with Crippen molar-refractivity contribution in [1.82, 2.24) is 0 Å². The van der Waals surface area contributed by atoms with Crippen LogP contribution in [-0.4, -0.2) is 5.11 Å². The molecule has 6 heteroatoms. The molecule has 13 rings (SSSR count). The lowest BCUT2D eigenvalue weighted by Gasteiger charge is -2.34. The van der Waals surface area contributed by atoms with Gasteiger partial charge in [0.05, 0.1) is 40.3 Å². The first-order chi connectivity index (χ1) is 35.9. The van der Waals surface area contributed by atoms with Crippen LogP contribution in [0.15, 0.2) is 240 Å². The third kappa shape index (κ3) is 7.24. The van der Waals surface area contributed by atoms with Crippen molar-refractivity contribution < 1.29 is 9.52 Å². The number of aromatic hydroxyl groups is 1. The second kappa shape index (κ2) is 17.5. The van der Waals surface area contributed by atoms with E-state index in [1.807, 2.05) is 97.1 Å². The third-order valence-electron chi connectivity index (χ3n) is 14.7. The van der Waals surface area contributed by atoms with Crippen LogP contribution < -0.4 is 9.80 Å². The van der Waals surface area contributed by atoms with E-state index in [1.165, 1.54) is 0 Å². The van der Waals surface area contributed by atoms with Gasteiger partial charge in [0.25, 0.3) is 0 Å². The van der Waals surface area contributed by atoms with Crippen molar-refractivity contribution in [2.75, 3.05) is 9.80 Å². The standard InChI is InChI=1S/C67H44N4O2/c1-42-53(54-18-8-10-24-63(54)72)20-12-22-59(42)70(51-36-43(40-68)34-49(38-51)45-14-4-2-5-15-45)60-32-28-47-27-31-58-61(33-29-48-26-30-57(60)65(47)66(48)58)71(52-37-44(41-69)35-50(39-52)46-16-6-3-7-17-46)62-23-13-21-56-55-19-9-11-25-64(55)73-67(56)62/h2-19,21-39,53,72H,20H2,1H3. The number of nitriles is 2. The van der Waals surface area contributed by atoms with Gasteiger partial charge in [0, 0.05) is 50.1 Å². The van der Waals surface area contributed by atoms with Crippen LogP contribution >= 0.6 is 0 Å². The number of furan rings is 1. The molecular formula is C67H44N4O2. The number of allylic oxidation sites excluding steroid dienone is 3. The Morgan fingerprint density at radius 2 is 1.04 bits per heavy atom. The smallest absolute Gasteiger partial charge is 0.159 e. The van der Waals surface area contributed by atoms with E-state index in [4.69, 9.17) is 4.42 Å². The van der Waals surface area contributed by atoms with E-state index in [-0.39, 0.29) is 11.7 Å². The summed E-state index contributed by atoms with van der Waals surface area (Å²) in [6, 6.07) is 77.3. The molecule has 344 valence electrons. The highest BCUT2D eigenvalue weighted by molar-refractivity contribution is 6.28. The second-order valence-corrected chi connectivity index (χ2v) is 18.8. The molecule has 0 saturated carbocycles. The van der Waals surface area contributed by atoms with E-state index in [0.717, 1.165) is 128 Å². The highest BCUT2D eigenvalue weighted by Crippen LogP contribution is 2.51. The van der Waals surface area contributed by atoms with Gasteiger partial charge < -0.3 is 19.3 Å². The molecule has 0 fully saturated rings. The van der Waals surface area contributed by atoms with Gasteiger partial charge in [-0.1, -0.05) is 152 Å². The minimum absolute atomic E-state index is 0.0806. The molecule has 11 aromatic carbocycles. The molecule has 0 amide bonds. The van der Waals surface area contributed by atoms with Crippen molar-refractivity contribution in [2.24, 2.45) is 0 Å². The fourth-order valence-electron chi connectivity index (χ4n) is 11.3. The molecule has 0 bridgehead atoms. The Labute approximate surface area is 422 Å². The molecule has 0 radical (unpaired) electrons. The topological polar surface area (TPSA) is 87.4 Å². The minimum Gasteiger partial charge on any atom is -0.508 e. The second-order valence-electron chi connectivity index (χ2n) is 18.8. The molecule has 1 aliphatic rings. The summed E-state index contributed by atoms with van der Waals surface area (Å²) in [6.07, 6.45) is 5.12. The highest BCUT2D eigenvalue weighted by Gasteiger charge is 2.29. The van der Waals surface area contributed by atoms with Crippen LogP contribution in [0, 0.1) is 22.7 Å². The van der Waals surface area contributed by atoms with Gasteiger partial charge in [0.1, 0.15) is 11.3 Å². The van der Waals surface area contributed by atoms with Gasteiger partial charge in [-0.25, -0.2) is 0 Å². The quantitative estimate of drug-likeness (QED) is 0.145. The predicted octanol–water partition coefficient (Wildman–Crippen LogP) is 17.9. The van der Waals surface area contributed by atoms with E-state index < -0.39 is 0 Å². The lowest BCUT2D eigenvalue weighted by Crippen LogP contribution is -2.21. The lowest BCUT2D eigenvalue weighted by molar-refractivity contribution is 0.464. The molecule has 0 saturated heterocycles. The Bertz CT molecular complexity index is 4310. The molecule has 1 N–H and O–H groups in total. The van der Waals surface area contributed by atoms with E-state index in [0.29, 0.717) is 11.1 Å². The number of anilines is 5. The predicted molar refractivity (Wildman–Crippen MR) is 298 cm³/mol. The number of hydrogen-bond donors (Lipinski definition) is 1. The summed E-state index contributed by atoms with van der Waals surface area (Å²) < 4.78 is 6.79. The van der Waals surface area contributed by atoms with Crippen LogP contribution in [0.3, 0.4) is 0 Å². The third-order valence-corrected chi connectivity index (χ3v) is 14.7. The fraction of sp³-hybridized carbons (Fsp3) is 0.0448. The Balaban J connectivity index is 1.08. The Morgan fingerprint density at radius 3 is 1.67 bits per heavy atom. The van der Waals surface area contributed by atoms with Crippen LogP contribution in [0.4, 0.5) is 28.4 Å². The molecule has 1 heterocycles. The van der Waals surface area contributed by atoms with Gasteiger partial charge in [-0.3, -0.25) is 0 Å². The van der Waals surface area contributed by atoms with E-state index >= 15 is 0 Å². The molecule has 1 atom stereocenters. The molecular weight excluding hydrogens is 893 g/mol. The zero-order chi connectivity index (χ0) is 49.2. The summed E-state index contributed by atoms with van der Waals surface area (Å²) in [5.41, 5.74) is 13.9. The van der Waals surface area contributed by atoms with Gasteiger partial charge in [-0.2, -0.15) is 10.5 Å². The first-order valence-corrected chi connectivity index (χ1v) is 24.5.